The van der Waals surface area contributed by atoms with Crippen LogP contribution in [0.1, 0.15) is 12.0 Å². The van der Waals surface area contributed by atoms with Gasteiger partial charge in [0.05, 0.1) is 18.2 Å². The van der Waals surface area contributed by atoms with Crippen molar-refractivity contribution in [1.82, 2.24) is 0 Å². The average molecular weight is 231 g/mol. The highest BCUT2D eigenvalue weighted by molar-refractivity contribution is 6.32. The minimum absolute atomic E-state index is 0.0102. The van der Waals surface area contributed by atoms with E-state index in [4.69, 9.17) is 26.2 Å². The molecule has 3 nitrogen and oxygen atoms in total. The Morgan fingerprint density at radius 1 is 1.33 bits per heavy atom. The van der Waals surface area contributed by atoms with Crippen LogP contribution in [0.4, 0.5) is 0 Å². The first-order valence-corrected chi connectivity index (χ1v) is 5.16. The van der Waals surface area contributed by atoms with Crippen molar-refractivity contribution in [3.8, 4) is 5.75 Å². The maximum Gasteiger partial charge on any atom is 0.137 e. The van der Waals surface area contributed by atoms with Crippen molar-refractivity contribution in [3.63, 3.8) is 0 Å². The fourth-order valence-corrected chi connectivity index (χ4v) is 1.40. The Kier molecular flexibility index (Phi) is 5.47. The highest BCUT2D eigenvalue weighted by Crippen LogP contribution is 2.25. The van der Waals surface area contributed by atoms with E-state index in [1.165, 1.54) is 0 Å². The van der Waals surface area contributed by atoms with Crippen LogP contribution < -0.4 is 4.74 Å². The molecule has 0 bridgehead atoms. The number of ether oxygens (including phenoxy) is 2. The van der Waals surface area contributed by atoms with Gasteiger partial charge in [-0.15, -0.1) is 0 Å². The molecule has 1 N–H and O–H groups in total. The Morgan fingerprint density at radius 3 is 2.73 bits per heavy atom. The number of aliphatic hydroxyl groups excluding tert-OH is 1. The van der Waals surface area contributed by atoms with Gasteiger partial charge in [0.25, 0.3) is 0 Å². The van der Waals surface area contributed by atoms with Gasteiger partial charge in [-0.3, -0.25) is 0 Å². The molecule has 0 spiro atoms. The van der Waals surface area contributed by atoms with E-state index in [9.17, 15) is 0 Å². The third-order valence-corrected chi connectivity index (χ3v) is 2.22. The number of hydrogen-bond acceptors (Lipinski definition) is 3. The summed E-state index contributed by atoms with van der Waals surface area (Å²) in [6.07, 6.45) is 0.828. The molecule has 0 saturated heterocycles. The first kappa shape index (κ1) is 12.3. The third kappa shape index (κ3) is 4.08. The zero-order chi connectivity index (χ0) is 11.1. The molecule has 0 aliphatic heterocycles. The van der Waals surface area contributed by atoms with Gasteiger partial charge in [-0.25, -0.2) is 0 Å². The van der Waals surface area contributed by atoms with Crippen molar-refractivity contribution >= 4 is 11.6 Å². The highest BCUT2D eigenvalue weighted by atomic mass is 35.5. The minimum Gasteiger partial charge on any atom is -0.492 e. The molecule has 84 valence electrons. The quantitative estimate of drug-likeness (QED) is 0.762. The number of methoxy groups -OCH3 is 1. The van der Waals surface area contributed by atoms with E-state index in [1.54, 1.807) is 25.3 Å². The molecule has 0 unspecified atom stereocenters. The number of benzene rings is 1. The Balaban J connectivity index is 2.47. The van der Waals surface area contributed by atoms with E-state index in [0.717, 1.165) is 12.0 Å². The van der Waals surface area contributed by atoms with E-state index in [1.807, 2.05) is 0 Å². The lowest BCUT2D eigenvalue weighted by atomic mass is 10.2. The van der Waals surface area contributed by atoms with Crippen LogP contribution >= 0.6 is 11.6 Å². The van der Waals surface area contributed by atoms with Gasteiger partial charge >= 0.3 is 0 Å². The molecule has 0 aliphatic carbocycles. The first-order valence-electron chi connectivity index (χ1n) is 4.79. The molecule has 0 amide bonds. The summed E-state index contributed by atoms with van der Waals surface area (Å²) in [7, 11) is 1.66. The smallest absolute Gasteiger partial charge is 0.137 e. The molecule has 1 aromatic rings. The number of rotatable bonds is 6. The molecule has 0 fully saturated rings. The van der Waals surface area contributed by atoms with Crippen LogP contribution in [0.15, 0.2) is 18.2 Å². The molecule has 0 atom stereocenters. The summed E-state index contributed by atoms with van der Waals surface area (Å²) in [4.78, 5) is 0. The zero-order valence-corrected chi connectivity index (χ0v) is 9.46. The fourth-order valence-electron chi connectivity index (χ4n) is 1.15. The van der Waals surface area contributed by atoms with Crippen LogP contribution in [-0.2, 0) is 11.3 Å². The predicted octanol–water partition coefficient (Wildman–Crippen LogP) is 2.25. The molecule has 0 aromatic heterocycles. The second kappa shape index (κ2) is 6.67. The van der Waals surface area contributed by atoms with Crippen LogP contribution in [0.5, 0.6) is 5.75 Å². The van der Waals surface area contributed by atoms with Crippen molar-refractivity contribution in [2.45, 2.75) is 13.0 Å². The maximum absolute atomic E-state index is 8.88. The Bertz CT molecular complexity index is 302. The molecule has 0 radical (unpaired) electrons. The van der Waals surface area contributed by atoms with E-state index in [-0.39, 0.29) is 6.61 Å². The lowest BCUT2D eigenvalue weighted by Crippen LogP contribution is -2.01. The molecule has 0 saturated carbocycles. The Hall–Kier alpha value is -0.770. The largest absolute Gasteiger partial charge is 0.492 e. The molecule has 0 aliphatic rings. The van der Waals surface area contributed by atoms with Gasteiger partial charge in [0.2, 0.25) is 0 Å². The second-order valence-corrected chi connectivity index (χ2v) is 3.52. The minimum atomic E-state index is -0.0102. The highest BCUT2D eigenvalue weighted by Gasteiger charge is 2.02. The lowest BCUT2D eigenvalue weighted by Gasteiger charge is -2.08. The van der Waals surface area contributed by atoms with Gasteiger partial charge in [-0.05, 0) is 17.7 Å². The summed E-state index contributed by atoms with van der Waals surface area (Å²) in [6, 6.07) is 5.26. The molecule has 0 heterocycles. The summed E-state index contributed by atoms with van der Waals surface area (Å²) >= 11 is 5.95. The Morgan fingerprint density at radius 2 is 2.13 bits per heavy atom. The fraction of sp³-hybridized carbons (Fsp3) is 0.455. The zero-order valence-electron chi connectivity index (χ0n) is 8.70. The average Bonchev–Trinajstić information content (AvgIpc) is 2.26. The summed E-state index contributed by atoms with van der Waals surface area (Å²) in [5, 5.41) is 9.41. The molecule has 1 rings (SSSR count). The number of aliphatic hydroxyl groups is 1. The van der Waals surface area contributed by atoms with Gasteiger partial charge in [0.1, 0.15) is 5.75 Å². The maximum atomic E-state index is 8.88. The SMILES string of the molecule is COCCCOc1ccc(CO)cc1Cl. The summed E-state index contributed by atoms with van der Waals surface area (Å²) in [5.41, 5.74) is 0.782. The van der Waals surface area contributed by atoms with E-state index in [2.05, 4.69) is 0 Å². The third-order valence-electron chi connectivity index (χ3n) is 1.93. The molecular formula is C11H15ClO3. The summed E-state index contributed by atoms with van der Waals surface area (Å²) in [5.74, 6) is 0.643. The van der Waals surface area contributed by atoms with Crippen LogP contribution in [0.25, 0.3) is 0 Å². The standard InChI is InChI=1S/C11H15ClO3/c1-14-5-2-6-15-11-4-3-9(8-13)7-10(11)12/h3-4,7,13H,2,5-6,8H2,1H3. The van der Waals surface area contributed by atoms with Crippen LogP contribution in [0.2, 0.25) is 5.02 Å². The molecular weight excluding hydrogens is 216 g/mol. The van der Waals surface area contributed by atoms with Gasteiger partial charge in [-0.2, -0.15) is 0 Å². The number of halogens is 1. The molecule has 4 heteroatoms. The van der Waals surface area contributed by atoms with E-state index < -0.39 is 0 Å². The van der Waals surface area contributed by atoms with Gasteiger partial charge in [0.15, 0.2) is 0 Å². The monoisotopic (exact) mass is 230 g/mol. The predicted molar refractivity (Wildman–Crippen MR) is 59.4 cm³/mol. The molecule has 1 aromatic carbocycles. The normalized spacial score (nSPS) is 10.3. The molecule has 15 heavy (non-hydrogen) atoms. The summed E-state index contributed by atoms with van der Waals surface area (Å²) in [6.45, 7) is 1.24. The Labute approximate surface area is 94.6 Å². The van der Waals surface area contributed by atoms with Gasteiger partial charge in [0, 0.05) is 20.1 Å². The first-order chi connectivity index (χ1) is 7.27. The van der Waals surface area contributed by atoms with Crippen molar-refractivity contribution < 1.29 is 14.6 Å². The van der Waals surface area contributed by atoms with Crippen molar-refractivity contribution in [2.75, 3.05) is 20.3 Å². The van der Waals surface area contributed by atoms with Crippen LogP contribution in [0.3, 0.4) is 0 Å². The van der Waals surface area contributed by atoms with Crippen molar-refractivity contribution in [1.29, 1.82) is 0 Å². The lowest BCUT2D eigenvalue weighted by molar-refractivity contribution is 0.172. The van der Waals surface area contributed by atoms with Crippen molar-refractivity contribution in [2.24, 2.45) is 0 Å². The van der Waals surface area contributed by atoms with E-state index >= 15 is 0 Å². The van der Waals surface area contributed by atoms with E-state index in [0.29, 0.717) is 24.0 Å². The van der Waals surface area contributed by atoms with Gasteiger partial charge < -0.3 is 14.6 Å². The second-order valence-electron chi connectivity index (χ2n) is 3.12. The van der Waals surface area contributed by atoms with Crippen molar-refractivity contribution in [3.05, 3.63) is 28.8 Å². The van der Waals surface area contributed by atoms with Crippen LogP contribution in [-0.4, -0.2) is 25.4 Å². The summed E-state index contributed by atoms with van der Waals surface area (Å²) < 4.78 is 10.3. The van der Waals surface area contributed by atoms with Gasteiger partial charge in [-0.1, -0.05) is 17.7 Å². The topological polar surface area (TPSA) is 38.7 Å². The number of hydrogen-bond donors (Lipinski definition) is 1. The van der Waals surface area contributed by atoms with Crippen LogP contribution in [0, 0.1) is 0 Å².